The van der Waals surface area contributed by atoms with E-state index in [4.69, 9.17) is 0 Å². The third-order valence-corrected chi connectivity index (χ3v) is 5.62. The normalized spacial score (nSPS) is 13.3. The molecule has 3 aromatic rings. The lowest BCUT2D eigenvalue weighted by molar-refractivity contribution is 0.0980. The van der Waals surface area contributed by atoms with Gasteiger partial charge in [0.15, 0.2) is 11.6 Å². The summed E-state index contributed by atoms with van der Waals surface area (Å²) in [5.74, 6) is 0.688. The molecule has 0 N–H and O–H groups in total. The molecule has 0 bridgehead atoms. The van der Waals surface area contributed by atoms with E-state index in [1.54, 1.807) is 36.0 Å². The lowest BCUT2D eigenvalue weighted by atomic mass is 9.83. The van der Waals surface area contributed by atoms with E-state index in [1.165, 1.54) is 0 Å². The zero-order valence-electron chi connectivity index (χ0n) is 12.3. The second-order valence-corrected chi connectivity index (χ2v) is 6.98. The molecule has 1 heterocycles. The fourth-order valence-corrected chi connectivity index (χ4v) is 4.33. The largest absolute Gasteiger partial charge is 0.289 e. The number of carbonyl (C=O) groups is 2. The third kappa shape index (κ3) is 2.13. The van der Waals surface area contributed by atoms with Gasteiger partial charge >= 0.3 is 0 Å². The molecule has 1 aromatic heterocycles. The van der Waals surface area contributed by atoms with Crippen LogP contribution in [0.1, 0.15) is 45.2 Å². The Morgan fingerprint density at radius 2 is 1.70 bits per heavy atom. The Morgan fingerprint density at radius 3 is 2.43 bits per heavy atom. The molecule has 4 rings (SSSR count). The minimum Gasteiger partial charge on any atom is -0.289 e. The van der Waals surface area contributed by atoms with E-state index in [1.807, 2.05) is 6.07 Å². The molecule has 0 saturated carbocycles. The van der Waals surface area contributed by atoms with Gasteiger partial charge in [-0.1, -0.05) is 31.2 Å². The summed E-state index contributed by atoms with van der Waals surface area (Å²) in [6.45, 7) is 2.10. The molecule has 0 saturated heterocycles. The van der Waals surface area contributed by atoms with Crippen LogP contribution in [0.2, 0.25) is 0 Å². The summed E-state index contributed by atoms with van der Waals surface area (Å²) >= 11 is 2.73. The number of aromatic nitrogens is 2. The molecule has 23 heavy (non-hydrogen) atoms. The SMILES string of the molecule is CCCSc1cc2c(c3nsnc13)C(=O)c1ccccc1C2=O. The molecule has 0 unspecified atom stereocenters. The van der Waals surface area contributed by atoms with E-state index in [0.717, 1.165) is 34.3 Å². The number of benzene rings is 2. The van der Waals surface area contributed by atoms with Crippen molar-refractivity contribution in [2.75, 3.05) is 5.75 Å². The van der Waals surface area contributed by atoms with E-state index in [0.29, 0.717) is 27.8 Å². The van der Waals surface area contributed by atoms with Crippen molar-refractivity contribution in [3.8, 4) is 0 Å². The van der Waals surface area contributed by atoms with Crippen molar-refractivity contribution in [3.63, 3.8) is 0 Å². The maximum Gasteiger partial charge on any atom is 0.196 e. The topological polar surface area (TPSA) is 59.9 Å². The highest BCUT2D eigenvalue weighted by Gasteiger charge is 2.33. The average molecular weight is 340 g/mol. The predicted molar refractivity (Wildman–Crippen MR) is 91.7 cm³/mol. The number of nitrogens with zero attached hydrogens (tertiary/aromatic N) is 2. The number of hydrogen-bond acceptors (Lipinski definition) is 6. The van der Waals surface area contributed by atoms with E-state index in [9.17, 15) is 9.59 Å². The van der Waals surface area contributed by atoms with Crippen LogP contribution in [0.5, 0.6) is 0 Å². The Bertz CT molecular complexity index is 962. The number of rotatable bonds is 3. The number of ketones is 2. The van der Waals surface area contributed by atoms with E-state index in [2.05, 4.69) is 15.7 Å². The van der Waals surface area contributed by atoms with Crippen molar-refractivity contribution in [2.45, 2.75) is 18.2 Å². The van der Waals surface area contributed by atoms with Gasteiger partial charge in [-0.2, -0.15) is 8.75 Å². The van der Waals surface area contributed by atoms with Crippen molar-refractivity contribution in [1.82, 2.24) is 8.75 Å². The van der Waals surface area contributed by atoms with Gasteiger partial charge in [-0.05, 0) is 18.2 Å². The highest BCUT2D eigenvalue weighted by Crippen LogP contribution is 2.37. The molecule has 114 valence electrons. The van der Waals surface area contributed by atoms with Gasteiger partial charge < -0.3 is 0 Å². The zero-order valence-corrected chi connectivity index (χ0v) is 14.0. The van der Waals surface area contributed by atoms with Crippen LogP contribution in [-0.4, -0.2) is 26.1 Å². The van der Waals surface area contributed by atoms with Crippen molar-refractivity contribution in [3.05, 3.63) is 52.6 Å². The monoisotopic (exact) mass is 340 g/mol. The zero-order chi connectivity index (χ0) is 16.0. The van der Waals surface area contributed by atoms with Gasteiger partial charge in [0.25, 0.3) is 0 Å². The standard InChI is InChI=1S/C17H12N2O2S2/c1-2-7-22-12-8-11-13(15-14(12)18-23-19-15)17(21)10-6-4-3-5-9(10)16(11)20/h3-6,8H,2,7H2,1H3. The van der Waals surface area contributed by atoms with Crippen LogP contribution in [0, 0.1) is 0 Å². The quantitative estimate of drug-likeness (QED) is 0.528. The van der Waals surface area contributed by atoms with Crippen LogP contribution in [0.15, 0.2) is 35.2 Å². The summed E-state index contributed by atoms with van der Waals surface area (Å²) in [4.78, 5) is 26.6. The highest BCUT2D eigenvalue weighted by atomic mass is 32.2. The molecule has 1 aliphatic rings. The summed E-state index contributed by atoms with van der Waals surface area (Å²) in [6, 6.07) is 8.78. The minimum absolute atomic E-state index is 0.108. The Kier molecular flexibility index (Phi) is 3.50. The average Bonchev–Trinajstić information content (AvgIpc) is 3.07. The van der Waals surface area contributed by atoms with Crippen LogP contribution < -0.4 is 0 Å². The molecule has 0 amide bonds. The van der Waals surface area contributed by atoms with Gasteiger partial charge in [-0.3, -0.25) is 9.59 Å². The van der Waals surface area contributed by atoms with Gasteiger partial charge in [0, 0.05) is 21.6 Å². The molecule has 0 spiro atoms. The maximum absolute atomic E-state index is 12.9. The summed E-state index contributed by atoms with van der Waals surface area (Å²) in [5, 5.41) is 0. The second-order valence-electron chi connectivity index (χ2n) is 5.31. The first-order valence-electron chi connectivity index (χ1n) is 7.33. The first-order valence-corrected chi connectivity index (χ1v) is 9.04. The minimum atomic E-state index is -0.139. The van der Waals surface area contributed by atoms with Crippen LogP contribution in [-0.2, 0) is 0 Å². The lowest BCUT2D eigenvalue weighted by Crippen LogP contribution is -2.21. The van der Waals surface area contributed by atoms with Crippen LogP contribution in [0.25, 0.3) is 11.0 Å². The molecule has 0 aliphatic heterocycles. The Labute approximate surface area is 141 Å². The first-order chi connectivity index (χ1) is 11.2. The van der Waals surface area contributed by atoms with Gasteiger partial charge in [0.1, 0.15) is 11.0 Å². The fraction of sp³-hybridized carbons (Fsp3) is 0.176. The third-order valence-electron chi connectivity index (χ3n) is 3.85. The maximum atomic E-state index is 12.9. The number of thioether (sulfide) groups is 1. The van der Waals surface area contributed by atoms with Gasteiger partial charge in [0.05, 0.1) is 17.3 Å². The van der Waals surface area contributed by atoms with Crippen molar-refractivity contribution in [1.29, 1.82) is 0 Å². The Hall–Kier alpha value is -2.05. The van der Waals surface area contributed by atoms with E-state index < -0.39 is 0 Å². The Morgan fingerprint density at radius 1 is 1.00 bits per heavy atom. The summed E-state index contributed by atoms with van der Waals surface area (Å²) < 4.78 is 8.64. The molecule has 1 aliphatic carbocycles. The summed E-state index contributed by atoms with van der Waals surface area (Å²) in [5.41, 5.74) is 3.06. The van der Waals surface area contributed by atoms with Crippen molar-refractivity contribution in [2.24, 2.45) is 0 Å². The van der Waals surface area contributed by atoms with Crippen molar-refractivity contribution >= 4 is 46.1 Å². The van der Waals surface area contributed by atoms with E-state index in [-0.39, 0.29) is 11.6 Å². The number of fused-ring (bicyclic) bond motifs is 4. The number of hydrogen-bond donors (Lipinski definition) is 0. The molecule has 0 atom stereocenters. The number of carbonyl (C=O) groups excluding carboxylic acids is 2. The van der Waals surface area contributed by atoms with Crippen LogP contribution >= 0.6 is 23.5 Å². The lowest BCUT2D eigenvalue weighted by Gasteiger charge is -2.18. The molecule has 0 radical (unpaired) electrons. The van der Waals surface area contributed by atoms with Gasteiger partial charge in [-0.25, -0.2) is 0 Å². The fourth-order valence-electron chi connectivity index (χ4n) is 2.80. The smallest absolute Gasteiger partial charge is 0.196 e. The molecular formula is C17H12N2O2S2. The van der Waals surface area contributed by atoms with Gasteiger partial charge in [0.2, 0.25) is 0 Å². The van der Waals surface area contributed by atoms with Crippen LogP contribution in [0.4, 0.5) is 0 Å². The van der Waals surface area contributed by atoms with Crippen LogP contribution in [0.3, 0.4) is 0 Å². The molecule has 0 fully saturated rings. The molecule has 2 aromatic carbocycles. The molecular weight excluding hydrogens is 328 g/mol. The van der Waals surface area contributed by atoms with Gasteiger partial charge in [-0.15, -0.1) is 11.8 Å². The predicted octanol–water partition coefficient (Wildman–Crippen LogP) is 3.97. The van der Waals surface area contributed by atoms with Crippen molar-refractivity contribution < 1.29 is 9.59 Å². The summed E-state index contributed by atoms with van der Waals surface area (Å²) in [6.07, 6.45) is 1.02. The Balaban J connectivity index is 2.01. The summed E-state index contributed by atoms with van der Waals surface area (Å²) in [7, 11) is 0. The molecule has 6 heteroatoms. The first kappa shape index (κ1) is 14.5. The second kappa shape index (κ2) is 5.54. The molecule has 4 nitrogen and oxygen atoms in total. The highest BCUT2D eigenvalue weighted by molar-refractivity contribution is 7.99. The van der Waals surface area contributed by atoms with E-state index >= 15 is 0 Å².